The Morgan fingerprint density at radius 1 is 1.41 bits per heavy atom. The van der Waals surface area contributed by atoms with Gasteiger partial charge in [0.1, 0.15) is 0 Å². The molecular formula is C18H24N2O2. The number of nitrogens with zero attached hydrogens (tertiary/aromatic N) is 1. The van der Waals surface area contributed by atoms with Gasteiger partial charge >= 0.3 is 0 Å². The maximum atomic E-state index is 12.5. The Hall–Kier alpha value is -1.86. The summed E-state index contributed by atoms with van der Waals surface area (Å²) >= 11 is 0. The van der Waals surface area contributed by atoms with Gasteiger partial charge in [-0.2, -0.15) is 5.26 Å². The van der Waals surface area contributed by atoms with Crippen LogP contribution in [0.3, 0.4) is 0 Å². The Bertz CT molecular complexity index is 557. The molecule has 1 aromatic carbocycles. The second-order valence-electron chi connectivity index (χ2n) is 6.13. The van der Waals surface area contributed by atoms with Crippen LogP contribution in [0.15, 0.2) is 18.2 Å². The van der Waals surface area contributed by atoms with E-state index in [9.17, 15) is 9.90 Å². The van der Waals surface area contributed by atoms with Gasteiger partial charge in [-0.15, -0.1) is 0 Å². The minimum Gasteiger partial charge on any atom is -0.396 e. The first kappa shape index (κ1) is 16.5. The molecule has 22 heavy (non-hydrogen) atoms. The molecule has 2 rings (SSSR count). The number of carbonyl (C=O) groups is 1. The van der Waals surface area contributed by atoms with Crippen molar-refractivity contribution in [2.75, 3.05) is 6.61 Å². The van der Waals surface area contributed by atoms with E-state index in [2.05, 4.69) is 11.4 Å². The van der Waals surface area contributed by atoms with Crippen LogP contribution in [-0.2, 0) is 0 Å². The van der Waals surface area contributed by atoms with E-state index in [1.807, 2.05) is 6.92 Å². The van der Waals surface area contributed by atoms with Crippen LogP contribution < -0.4 is 5.32 Å². The fourth-order valence-corrected chi connectivity index (χ4v) is 3.34. The number of nitrogens with one attached hydrogen (secondary N) is 1. The van der Waals surface area contributed by atoms with Crippen molar-refractivity contribution in [3.8, 4) is 6.07 Å². The summed E-state index contributed by atoms with van der Waals surface area (Å²) in [6.07, 6.45) is 6.53. The third-order valence-electron chi connectivity index (χ3n) is 4.58. The Labute approximate surface area is 132 Å². The van der Waals surface area contributed by atoms with Gasteiger partial charge in [-0.05, 0) is 55.9 Å². The second kappa shape index (κ2) is 7.95. The highest BCUT2D eigenvalue weighted by molar-refractivity contribution is 5.96. The number of benzene rings is 1. The van der Waals surface area contributed by atoms with E-state index < -0.39 is 0 Å². The number of aryl methyl sites for hydroxylation is 1. The largest absolute Gasteiger partial charge is 0.396 e. The third-order valence-corrected chi connectivity index (χ3v) is 4.58. The van der Waals surface area contributed by atoms with E-state index in [1.165, 1.54) is 19.3 Å². The van der Waals surface area contributed by atoms with E-state index in [4.69, 9.17) is 5.26 Å². The molecular weight excluding hydrogens is 276 g/mol. The van der Waals surface area contributed by atoms with Crippen LogP contribution in [0.5, 0.6) is 0 Å². The van der Waals surface area contributed by atoms with Crippen LogP contribution in [0, 0.1) is 24.2 Å². The molecule has 1 saturated carbocycles. The van der Waals surface area contributed by atoms with Gasteiger partial charge in [0, 0.05) is 18.2 Å². The average molecular weight is 300 g/mol. The van der Waals surface area contributed by atoms with Crippen LogP contribution in [0.2, 0.25) is 0 Å². The quantitative estimate of drug-likeness (QED) is 0.878. The predicted molar refractivity (Wildman–Crippen MR) is 85.4 cm³/mol. The van der Waals surface area contributed by atoms with Gasteiger partial charge in [-0.3, -0.25) is 4.79 Å². The molecule has 0 aliphatic heterocycles. The molecule has 0 spiro atoms. The number of hydrogen-bond acceptors (Lipinski definition) is 3. The molecule has 1 aliphatic carbocycles. The number of carbonyl (C=O) groups excluding carboxylic acids is 1. The molecule has 118 valence electrons. The zero-order valence-electron chi connectivity index (χ0n) is 13.1. The monoisotopic (exact) mass is 300 g/mol. The zero-order valence-corrected chi connectivity index (χ0v) is 13.1. The molecule has 1 aromatic rings. The fraction of sp³-hybridized carbons (Fsp3) is 0.556. The Kier molecular flexibility index (Phi) is 5.97. The summed E-state index contributed by atoms with van der Waals surface area (Å²) < 4.78 is 0. The summed E-state index contributed by atoms with van der Waals surface area (Å²) in [6.45, 7) is 1.94. The van der Waals surface area contributed by atoms with E-state index >= 15 is 0 Å². The summed E-state index contributed by atoms with van der Waals surface area (Å²) in [5, 5.41) is 21.3. The lowest BCUT2D eigenvalue weighted by Crippen LogP contribution is -2.42. The smallest absolute Gasteiger partial charge is 0.251 e. The van der Waals surface area contributed by atoms with Gasteiger partial charge in [0.15, 0.2) is 0 Å². The van der Waals surface area contributed by atoms with Crippen molar-refractivity contribution >= 4 is 5.91 Å². The number of rotatable bonds is 5. The highest BCUT2D eigenvalue weighted by atomic mass is 16.3. The highest BCUT2D eigenvalue weighted by Crippen LogP contribution is 2.28. The van der Waals surface area contributed by atoms with Crippen LogP contribution in [-0.4, -0.2) is 23.7 Å². The van der Waals surface area contributed by atoms with Crippen molar-refractivity contribution in [1.29, 1.82) is 5.26 Å². The first-order valence-corrected chi connectivity index (χ1v) is 8.08. The Morgan fingerprint density at radius 2 is 2.14 bits per heavy atom. The topological polar surface area (TPSA) is 73.1 Å². The second-order valence-corrected chi connectivity index (χ2v) is 6.13. The van der Waals surface area contributed by atoms with Crippen LogP contribution >= 0.6 is 0 Å². The Balaban J connectivity index is 2.08. The van der Waals surface area contributed by atoms with Crippen molar-refractivity contribution in [1.82, 2.24) is 5.32 Å². The summed E-state index contributed by atoms with van der Waals surface area (Å²) in [5.74, 6) is 0.356. The van der Waals surface area contributed by atoms with Crippen molar-refractivity contribution in [2.24, 2.45) is 5.92 Å². The molecule has 0 aromatic heterocycles. The standard InChI is InChI=1S/C18H24N2O2/c1-13-11-14(12-19)7-8-16(13)18(22)20-17(9-10-21)15-5-3-2-4-6-15/h7-8,11,15,17,21H,2-6,9-10H2,1H3,(H,20,22). The predicted octanol–water partition coefficient (Wildman–Crippen LogP) is 2.93. The van der Waals surface area contributed by atoms with E-state index in [0.717, 1.165) is 18.4 Å². The lowest BCUT2D eigenvalue weighted by atomic mass is 9.82. The molecule has 1 atom stereocenters. The van der Waals surface area contributed by atoms with Crippen LogP contribution in [0.1, 0.15) is 60.0 Å². The number of aliphatic hydroxyl groups excluding tert-OH is 1. The summed E-state index contributed by atoms with van der Waals surface area (Å²) in [4.78, 5) is 12.5. The number of hydrogen-bond donors (Lipinski definition) is 2. The number of aliphatic hydroxyl groups is 1. The summed E-state index contributed by atoms with van der Waals surface area (Å²) in [6, 6.07) is 7.23. The molecule has 0 radical (unpaired) electrons. The zero-order chi connectivity index (χ0) is 15.9. The first-order valence-electron chi connectivity index (χ1n) is 8.08. The maximum absolute atomic E-state index is 12.5. The molecule has 2 N–H and O–H groups in total. The minimum atomic E-state index is -0.106. The van der Waals surface area contributed by atoms with Crippen molar-refractivity contribution in [3.05, 3.63) is 34.9 Å². The molecule has 0 bridgehead atoms. The maximum Gasteiger partial charge on any atom is 0.251 e. The van der Waals surface area contributed by atoms with Crippen molar-refractivity contribution in [2.45, 2.75) is 51.5 Å². The van der Waals surface area contributed by atoms with Gasteiger partial charge in [-0.1, -0.05) is 19.3 Å². The number of amides is 1. The normalized spacial score (nSPS) is 16.8. The van der Waals surface area contributed by atoms with Gasteiger partial charge in [0.25, 0.3) is 5.91 Å². The molecule has 0 saturated heterocycles. The van der Waals surface area contributed by atoms with Gasteiger partial charge in [0.05, 0.1) is 11.6 Å². The summed E-state index contributed by atoms with van der Waals surface area (Å²) in [7, 11) is 0. The lowest BCUT2D eigenvalue weighted by Gasteiger charge is -2.30. The van der Waals surface area contributed by atoms with Gasteiger partial charge in [-0.25, -0.2) is 0 Å². The molecule has 0 heterocycles. The molecule has 1 amide bonds. The molecule has 4 nitrogen and oxygen atoms in total. The molecule has 4 heteroatoms. The van der Waals surface area contributed by atoms with Gasteiger partial charge < -0.3 is 10.4 Å². The highest BCUT2D eigenvalue weighted by Gasteiger charge is 2.25. The molecule has 1 aliphatic rings. The van der Waals surface area contributed by atoms with Crippen molar-refractivity contribution < 1.29 is 9.90 Å². The fourth-order valence-electron chi connectivity index (χ4n) is 3.34. The van der Waals surface area contributed by atoms with Gasteiger partial charge in [0.2, 0.25) is 0 Å². The minimum absolute atomic E-state index is 0.0350. The molecule has 1 unspecified atom stereocenters. The SMILES string of the molecule is Cc1cc(C#N)ccc1C(=O)NC(CCO)C1CCCCC1. The van der Waals surface area contributed by atoms with Crippen LogP contribution in [0.25, 0.3) is 0 Å². The van der Waals surface area contributed by atoms with E-state index in [1.54, 1.807) is 18.2 Å². The number of nitriles is 1. The van der Waals surface area contributed by atoms with E-state index in [0.29, 0.717) is 23.5 Å². The van der Waals surface area contributed by atoms with Crippen LogP contribution in [0.4, 0.5) is 0 Å². The first-order chi connectivity index (χ1) is 10.7. The van der Waals surface area contributed by atoms with Crippen molar-refractivity contribution in [3.63, 3.8) is 0 Å². The molecule has 1 fully saturated rings. The lowest BCUT2D eigenvalue weighted by molar-refractivity contribution is 0.0899. The summed E-state index contributed by atoms with van der Waals surface area (Å²) in [5.41, 5.74) is 1.98. The average Bonchev–Trinajstić information content (AvgIpc) is 2.55. The van der Waals surface area contributed by atoms with E-state index in [-0.39, 0.29) is 18.6 Å². The Morgan fingerprint density at radius 3 is 2.73 bits per heavy atom. The third kappa shape index (κ3) is 4.08.